The van der Waals surface area contributed by atoms with Crippen LogP contribution in [0.25, 0.3) is 0 Å². The Bertz CT molecular complexity index is 706. The fourth-order valence-corrected chi connectivity index (χ4v) is 3.05. The summed E-state index contributed by atoms with van der Waals surface area (Å²) in [7, 11) is 0. The van der Waals surface area contributed by atoms with E-state index in [4.69, 9.17) is 4.74 Å². The van der Waals surface area contributed by atoms with Gasteiger partial charge < -0.3 is 10.1 Å². The van der Waals surface area contributed by atoms with Crippen LogP contribution in [0.2, 0.25) is 0 Å². The van der Waals surface area contributed by atoms with Crippen molar-refractivity contribution in [2.24, 2.45) is 5.92 Å². The minimum Gasteiger partial charge on any atom is -0.456 e. The molecule has 0 bridgehead atoms. The normalized spacial score (nSPS) is 17.0. The van der Waals surface area contributed by atoms with E-state index in [0.717, 1.165) is 17.7 Å². The van der Waals surface area contributed by atoms with Gasteiger partial charge >= 0.3 is 5.97 Å². The van der Waals surface area contributed by atoms with Crippen LogP contribution < -0.4 is 5.32 Å². The SMILES string of the molecule is C[C@@H](NC(=O)COC(=O)CCCN1C(=O)c2ccccc2C1=O)C1CC1. The van der Waals surface area contributed by atoms with Crippen LogP contribution in [0.4, 0.5) is 0 Å². The molecule has 0 spiro atoms. The Kier molecular flexibility index (Phi) is 5.35. The van der Waals surface area contributed by atoms with E-state index >= 15 is 0 Å². The van der Waals surface area contributed by atoms with Gasteiger partial charge in [0, 0.05) is 19.0 Å². The smallest absolute Gasteiger partial charge is 0.306 e. The number of imide groups is 1. The van der Waals surface area contributed by atoms with Crippen LogP contribution in [-0.2, 0) is 14.3 Å². The highest BCUT2D eigenvalue weighted by atomic mass is 16.5. The maximum atomic E-state index is 12.2. The summed E-state index contributed by atoms with van der Waals surface area (Å²) in [6.45, 7) is 1.79. The van der Waals surface area contributed by atoms with Crippen LogP contribution in [0.15, 0.2) is 24.3 Å². The Morgan fingerprint density at radius 1 is 1.19 bits per heavy atom. The maximum absolute atomic E-state index is 12.2. The highest BCUT2D eigenvalue weighted by Crippen LogP contribution is 2.32. The molecule has 138 valence electrons. The van der Waals surface area contributed by atoms with Gasteiger partial charge in [0.1, 0.15) is 0 Å². The molecule has 26 heavy (non-hydrogen) atoms. The van der Waals surface area contributed by atoms with Gasteiger partial charge in [-0.3, -0.25) is 24.1 Å². The Labute approximate surface area is 151 Å². The van der Waals surface area contributed by atoms with Crippen molar-refractivity contribution in [2.45, 2.75) is 38.6 Å². The number of esters is 1. The standard InChI is InChI=1S/C19H22N2O5/c1-12(13-8-9-13)20-16(22)11-26-17(23)7-4-10-21-18(24)14-5-2-3-6-15(14)19(21)25/h2-3,5-6,12-13H,4,7-11H2,1H3,(H,20,22)/t12-/m1/s1. The lowest BCUT2D eigenvalue weighted by molar-refractivity contribution is -0.148. The van der Waals surface area contributed by atoms with E-state index in [1.165, 1.54) is 0 Å². The van der Waals surface area contributed by atoms with Crippen molar-refractivity contribution in [3.8, 4) is 0 Å². The summed E-state index contributed by atoms with van der Waals surface area (Å²) < 4.78 is 4.95. The van der Waals surface area contributed by atoms with Gasteiger partial charge in [0.2, 0.25) is 0 Å². The zero-order valence-corrected chi connectivity index (χ0v) is 14.7. The molecule has 0 unspecified atom stereocenters. The number of nitrogens with zero attached hydrogens (tertiary/aromatic N) is 1. The minimum atomic E-state index is -0.518. The van der Waals surface area contributed by atoms with Crippen LogP contribution in [0.1, 0.15) is 53.3 Å². The van der Waals surface area contributed by atoms with Gasteiger partial charge in [-0.05, 0) is 44.2 Å². The average Bonchev–Trinajstić information content (AvgIpc) is 3.44. The molecule has 7 heteroatoms. The first kappa shape index (κ1) is 18.1. The first-order valence-electron chi connectivity index (χ1n) is 8.87. The molecule has 1 heterocycles. The van der Waals surface area contributed by atoms with Crippen LogP contribution in [0, 0.1) is 5.92 Å². The van der Waals surface area contributed by atoms with Gasteiger partial charge in [-0.15, -0.1) is 0 Å². The van der Waals surface area contributed by atoms with Crippen LogP contribution in [0.3, 0.4) is 0 Å². The molecule has 3 amide bonds. The second-order valence-electron chi connectivity index (χ2n) is 6.77. The van der Waals surface area contributed by atoms with E-state index in [0.29, 0.717) is 23.5 Å². The number of rotatable bonds is 8. The summed E-state index contributed by atoms with van der Waals surface area (Å²) in [5.74, 6) is -0.969. The van der Waals surface area contributed by atoms with E-state index < -0.39 is 5.97 Å². The second kappa shape index (κ2) is 7.68. The average molecular weight is 358 g/mol. The third-order valence-corrected chi connectivity index (χ3v) is 4.72. The number of benzene rings is 1. The third kappa shape index (κ3) is 4.09. The van der Waals surface area contributed by atoms with Crippen LogP contribution >= 0.6 is 0 Å². The van der Waals surface area contributed by atoms with Crippen molar-refractivity contribution in [1.82, 2.24) is 10.2 Å². The molecule has 1 N–H and O–H groups in total. The summed E-state index contributed by atoms with van der Waals surface area (Å²) >= 11 is 0. The predicted octanol–water partition coefficient (Wildman–Crippen LogP) is 1.52. The number of hydrogen-bond donors (Lipinski definition) is 1. The number of hydrogen-bond acceptors (Lipinski definition) is 5. The first-order valence-corrected chi connectivity index (χ1v) is 8.87. The Morgan fingerprint density at radius 3 is 2.38 bits per heavy atom. The van der Waals surface area contributed by atoms with Crippen molar-refractivity contribution in [3.05, 3.63) is 35.4 Å². The fraction of sp³-hybridized carbons (Fsp3) is 0.474. The molecule has 1 aliphatic carbocycles. The first-order chi connectivity index (χ1) is 12.5. The zero-order valence-electron chi connectivity index (χ0n) is 14.7. The molecule has 1 aromatic carbocycles. The van der Waals surface area contributed by atoms with E-state index in [1.807, 2.05) is 6.92 Å². The second-order valence-corrected chi connectivity index (χ2v) is 6.77. The summed E-state index contributed by atoms with van der Waals surface area (Å²) in [4.78, 5) is 49.0. The molecule has 0 saturated heterocycles. The number of amides is 3. The summed E-state index contributed by atoms with van der Waals surface area (Å²) in [6.07, 6.45) is 2.58. The molecule has 0 radical (unpaired) electrons. The van der Waals surface area contributed by atoms with E-state index in [1.54, 1.807) is 24.3 Å². The van der Waals surface area contributed by atoms with Gasteiger partial charge in [-0.1, -0.05) is 12.1 Å². The molecule has 2 aliphatic rings. The molecule has 1 aliphatic heterocycles. The number of carbonyl (C=O) groups is 4. The van der Waals surface area contributed by atoms with E-state index in [9.17, 15) is 19.2 Å². The molecular formula is C19H22N2O5. The third-order valence-electron chi connectivity index (χ3n) is 4.72. The summed E-state index contributed by atoms with van der Waals surface area (Å²) in [6, 6.07) is 6.76. The predicted molar refractivity (Wildman–Crippen MR) is 92.3 cm³/mol. The number of carbonyl (C=O) groups excluding carboxylic acids is 4. The lowest BCUT2D eigenvalue weighted by Crippen LogP contribution is -2.37. The number of fused-ring (bicyclic) bond motifs is 1. The Morgan fingerprint density at radius 2 is 1.81 bits per heavy atom. The molecule has 1 fully saturated rings. The lowest BCUT2D eigenvalue weighted by Gasteiger charge is -2.14. The van der Waals surface area contributed by atoms with E-state index in [2.05, 4.69) is 5.32 Å². The molecule has 0 aromatic heterocycles. The number of nitrogens with one attached hydrogen (secondary N) is 1. The van der Waals surface area contributed by atoms with Crippen LogP contribution in [-0.4, -0.2) is 47.8 Å². The van der Waals surface area contributed by atoms with Gasteiger partial charge in [0.25, 0.3) is 17.7 Å². The Hall–Kier alpha value is -2.70. The topological polar surface area (TPSA) is 92.8 Å². The molecule has 7 nitrogen and oxygen atoms in total. The molecular weight excluding hydrogens is 336 g/mol. The van der Waals surface area contributed by atoms with Crippen molar-refractivity contribution in [2.75, 3.05) is 13.2 Å². The molecule has 1 atom stereocenters. The van der Waals surface area contributed by atoms with Gasteiger partial charge in [-0.25, -0.2) is 0 Å². The zero-order chi connectivity index (χ0) is 18.7. The van der Waals surface area contributed by atoms with Crippen molar-refractivity contribution >= 4 is 23.7 Å². The minimum absolute atomic E-state index is 0.0405. The highest BCUT2D eigenvalue weighted by molar-refractivity contribution is 6.21. The maximum Gasteiger partial charge on any atom is 0.306 e. The highest BCUT2D eigenvalue weighted by Gasteiger charge is 2.34. The summed E-state index contributed by atoms with van der Waals surface area (Å²) in [5.41, 5.74) is 0.781. The molecule has 3 rings (SSSR count). The number of ether oxygens (including phenoxy) is 1. The van der Waals surface area contributed by atoms with Crippen molar-refractivity contribution in [3.63, 3.8) is 0 Å². The molecule has 1 aromatic rings. The van der Waals surface area contributed by atoms with Crippen LogP contribution in [0.5, 0.6) is 0 Å². The van der Waals surface area contributed by atoms with Gasteiger partial charge in [0.05, 0.1) is 11.1 Å². The quantitative estimate of drug-likeness (QED) is 0.562. The van der Waals surface area contributed by atoms with Crippen molar-refractivity contribution < 1.29 is 23.9 Å². The van der Waals surface area contributed by atoms with Gasteiger partial charge in [0.15, 0.2) is 6.61 Å². The molecule has 1 saturated carbocycles. The monoisotopic (exact) mass is 358 g/mol. The fourth-order valence-electron chi connectivity index (χ4n) is 3.05. The largest absolute Gasteiger partial charge is 0.456 e. The van der Waals surface area contributed by atoms with Gasteiger partial charge in [-0.2, -0.15) is 0 Å². The lowest BCUT2D eigenvalue weighted by atomic mass is 10.1. The van der Waals surface area contributed by atoms with E-state index in [-0.39, 0.29) is 43.3 Å². The Balaban J connectivity index is 1.37. The summed E-state index contributed by atoms with van der Waals surface area (Å²) in [5, 5.41) is 2.81. The van der Waals surface area contributed by atoms with Crippen molar-refractivity contribution in [1.29, 1.82) is 0 Å².